The third kappa shape index (κ3) is 12.5. The number of hydrogen-bond acceptors (Lipinski definition) is 9. The summed E-state index contributed by atoms with van der Waals surface area (Å²) in [6.07, 6.45) is 2.99. The highest BCUT2D eigenvalue weighted by Gasteiger charge is 2.31. The number of benzene rings is 1. The molecule has 0 aliphatic carbocycles. The van der Waals surface area contributed by atoms with Gasteiger partial charge in [0.1, 0.15) is 11.5 Å². The number of rotatable bonds is 14. The number of anilines is 1. The van der Waals surface area contributed by atoms with Gasteiger partial charge in [-0.05, 0) is 98.4 Å². The molecule has 2 heterocycles. The first-order valence-corrected chi connectivity index (χ1v) is 16.7. The van der Waals surface area contributed by atoms with Crippen molar-refractivity contribution in [3.05, 3.63) is 29.3 Å². The smallest absolute Gasteiger partial charge is 0.150 e. The molecule has 45 heavy (non-hydrogen) atoms. The summed E-state index contributed by atoms with van der Waals surface area (Å²) in [7, 11) is 0. The summed E-state index contributed by atoms with van der Waals surface area (Å²) in [5.41, 5.74) is 11.0. The largest absolute Gasteiger partial charge is 0.396 e. The normalized spacial score (nSPS) is 15.8. The van der Waals surface area contributed by atoms with E-state index in [9.17, 15) is 0 Å². The summed E-state index contributed by atoms with van der Waals surface area (Å²) in [5, 5.41) is 18.4. The molecular formula is C36H63N5O4. The zero-order valence-corrected chi connectivity index (χ0v) is 30.0. The van der Waals surface area contributed by atoms with Gasteiger partial charge in [0, 0.05) is 54.8 Å². The second-order valence-corrected chi connectivity index (χ2v) is 14.4. The second-order valence-electron chi connectivity index (χ2n) is 14.4. The minimum Gasteiger partial charge on any atom is -0.396 e. The fourth-order valence-corrected chi connectivity index (χ4v) is 5.10. The van der Waals surface area contributed by atoms with Crippen LogP contribution in [0.2, 0.25) is 0 Å². The SMILES string of the molecule is CCC(C)(CO)CO.CCOCC(C)=Nc1c(N)nc2cc(CCCN3CCN(C(C)(C)COC(C)(C)C)CC3)ccc2c1C. The topological polar surface area (TPSA) is 117 Å². The van der Waals surface area contributed by atoms with Crippen LogP contribution < -0.4 is 5.73 Å². The minimum atomic E-state index is -0.264. The van der Waals surface area contributed by atoms with Gasteiger partial charge in [-0.25, -0.2) is 4.98 Å². The lowest BCUT2D eigenvalue weighted by Crippen LogP contribution is -2.57. The molecule has 1 aromatic carbocycles. The maximum Gasteiger partial charge on any atom is 0.150 e. The zero-order valence-electron chi connectivity index (χ0n) is 30.0. The van der Waals surface area contributed by atoms with Crippen LogP contribution in [-0.2, 0) is 15.9 Å². The number of aromatic nitrogens is 1. The van der Waals surface area contributed by atoms with E-state index in [1.807, 2.05) is 27.7 Å². The molecule has 0 amide bonds. The number of aliphatic hydroxyl groups excluding tert-OH is 2. The highest BCUT2D eigenvalue weighted by atomic mass is 16.5. The molecule has 256 valence electrons. The quantitative estimate of drug-likeness (QED) is 0.225. The second kappa shape index (κ2) is 17.7. The molecule has 1 saturated heterocycles. The van der Waals surface area contributed by atoms with E-state index in [0.717, 1.165) is 86.5 Å². The molecule has 0 atom stereocenters. The van der Waals surface area contributed by atoms with Crippen LogP contribution in [0.4, 0.5) is 11.5 Å². The van der Waals surface area contributed by atoms with Gasteiger partial charge in [-0.1, -0.05) is 26.0 Å². The van der Waals surface area contributed by atoms with E-state index in [-0.39, 0.29) is 29.8 Å². The van der Waals surface area contributed by atoms with Gasteiger partial charge >= 0.3 is 0 Å². The Hall–Kier alpha value is -2.14. The molecule has 4 N–H and O–H groups in total. The molecule has 9 heteroatoms. The van der Waals surface area contributed by atoms with Crippen molar-refractivity contribution in [1.82, 2.24) is 14.8 Å². The monoisotopic (exact) mass is 629 g/mol. The molecular weight excluding hydrogens is 566 g/mol. The first-order chi connectivity index (χ1) is 21.1. The number of aryl methyl sites for hydroxylation is 2. The predicted molar refractivity (Wildman–Crippen MR) is 189 cm³/mol. The van der Waals surface area contributed by atoms with Gasteiger partial charge in [-0.15, -0.1) is 0 Å². The number of aliphatic hydroxyl groups is 2. The summed E-state index contributed by atoms with van der Waals surface area (Å²) in [4.78, 5) is 14.6. The maximum atomic E-state index is 8.63. The number of nitrogens with two attached hydrogens (primary N) is 1. The third-order valence-electron chi connectivity index (χ3n) is 8.77. The van der Waals surface area contributed by atoms with Gasteiger partial charge in [0.15, 0.2) is 0 Å². The van der Waals surface area contributed by atoms with Crippen LogP contribution in [0, 0.1) is 12.3 Å². The third-order valence-corrected chi connectivity index (χ3v) is 8.77. The average Bonchev–Trinajstić information content (AvgIpc) is 3.01. The molecule has 9 nitrogen and oxygen atoms in total. The van der Waals surface area contributed by atoms with Crippen molar-refractivity contribution >= 4 is 28.1 Å². The molecule has 1 aliphatic heterocycles. The molecule has 3 rings (SSSR count). The lowest BCUT2D eigenvalue weighted by molar-refractivity contribution is -0.0707. The van der Waals surface area contributed by atoms with Crippen LogP contribution in [0.15, 0.2) is 23.2 Å². The Labute approximate surface area is 273 Å². The van der Waals surface area contributed by atoms with E-state index in [4.69, 9.17) is 35.4 Å². The van der Waals surface area contributed by atoms with Crippen molar-refractivity contribution in [3.63, 3.8) is 0 Å². The van der Waals surface area contributed by atoms with Gasteiger partial charge in [0.05, 0.1) is 37.5 Å². The Morgan fingerprint density at radius 3 is 2.20 bits per heavy atom. The van der Waals surface area contributed by atoms with Crippen LogP contribution in [-0.4, -0.2) is 108 Å². The zero-order chi connectivity index (χ0) is 33.8. The summed E-state index contributed by atoms with van der Waals surface area (Å²) in [6, 6.07) is 6.59. The van der Waals surface area contributed by atoms with Crippen molar-refractivity contribution in [2.75, 3.05) is 71.5 Å². The molecule has 1 aliphatic rings. The first kappa shape index (κ1) is 39.0. The number of aliphatic imine (C=N–C) groups is 1. The predicted octanol–water partition coefficient (Wildman–Crippen LogP) is 5.79. The molecule has 0 radical (unpaired) electrons. The fourth-order valence-electron chi connectivity index (χ4n) is 5.10. The van der Waals surface area contributed by atoms with Crippen LogP contribution in [0.1, 0.15) is 86.3 Å². The van der Waals surface area contributed by atoms with Crippen LogP contribution in [0.5, 0.6) is 0 Å². The van der Waals surface area contributed by atoms with Gasteiger partial charge < -0.3 is 30.3 Å². The molecule has 0 spiro atoms. The van der Waals surface area contributed by atoms with Crippen molar-refractivity contribution in [3.8, 4) is 0 Å². The van der Waals surface area contributed by atoms with Gasteiger partial charge in [0.25, 0.3) is 0 Å². The van der Waals surface area contributed by atoms with E-state index in [1.165, 1.54) is 5.56 Å². The van der Waals surface area contributed by atoms with Crippen molar-refractivity contribution in [2.45, 2.75) is 99.6 Å². The highest BCUT2D eigenvalue weighted by molar-refractivity contribution is 5.94. The summed E-state index contributed by atoms with van der Waals surface area (Å²) in [6.45, 7) is 28.4. The Morgan fingerprint density at radius 1 is 1.02 bits per heavy atom. The molecule has 0 unspecified atom stereocenters. The molecule has 0 saturated carbocycles. The molecule has 1 aromatic heterocycles. The standard InChI is InChI=1S/C30H49N5O2.C6H14O2/c1-9-36-20-22(2)32-27-23(3)25-13-12-24(19-26(25)33-28(27)31)11-10-14-34-15-17-35(18-16-34)30(7,8)21-37-29(4,5)6;1-3-6(2,4-7)5-8/h12-13,19H,9-11,14-18,20-21H2,1-8H3,(H2,31,33);7-8H,3-5H2,1-2H3. The number of fused-ring (bicyclic) bond motifs is 1. The lowest BCUT2D eigenvalue weighted by Gasteiger charge is -2.44. The number of piperazine rings is 1. The summed E-state index contributed by atoms with van der Waals surface area (Å²) >= 11 is 0. The molecule has 1 fully saturated rings. The first-order valence-electron chi connectivity index (χ1n) is 16.7. The van der Waals surface area contributed by atoms with Crippen molar-refractivity contribution in [2.24, 2.45) is 10.4 Å². The van der Waals surface area contributed by atoms with Crippen LogP contribution in [0.3, 0.4) is 0 Å². The lowest BCUT2D eigenvalue weighted by atomic mass is 9.90. The molecule has 2 aromatic rings. The van der Waals surface area contributed by atoms with Gasteiger partial charge in [-0.3, -0.25) is 9.89 Å². The van der Waals surface area contributed by atoms with Gasteiger partial charge in [-0.2, -0.15) is 0 Å². The van der Waals surface area contributed by atoms with Crippen LogP contribution >= 0.6 is 0 Å². The fraction of sp³-hybridized carbons (Fsp3) is 0.722. The van der Waals surface area contributed by atoms with E-state index in [2.05, 4.69) is 69.5 Å². The van der Waals surface area contributed by atoms with E-state index < -0.39 is 0 Å². The van der Waals surface area contributed by atoms with Gasteiger partial charge in [0.2, 0.25) is 0 Å². The number of pyridine rings is 1. The van der Waals surface area contributed by atoms with E-state index in [0.29, 0.717) is 19.0 Å². The van der Waals surface area contributed by atoms with E-state index >= 15 is 0 Å². The Bertz CT molecular complexity index is 1200. The Kier molecular flexibility index (Phi) is 15.3. The number of nitrogens with zero attached hydrogens (tertiary/aromatic N) is 4. The highest BCUT2D eigenvalue weighted by Crippen LogP contribution is 2.32. The number of hydrogen-bond donors (Lipinski definition) is 3. The number of ether oxygens (including phenoxy) is 2. The number of nitrogen functional groups attached to an aromatic ring is 1. The minimum absolute atomic E-state index is 0.0601. The van der Waals surface area contributed by atoms with Crippen LogP contribution in [0.25, 0.3) is 10.9 Å². The Balaban J connectivity index is 0.000000777. The van der Waals surface area contributed by atoms with E-state index in [1.54, 1.807) is 0 Å². The van der Waals surface area contributed by atoms with Crippen molar-refractivity contribution in [1.29, 1.82) is 0 Å². The average molecular weight is 630 g/mol. The Morgan fingerprint density at radius 2 is 1.67 bits per heavy atom. The summed E-state index contributed by atoms with van der Waals surface area (Å²) < 4.78 is 11.6. The van der Waals surface area contributed by atoms with Crippen molar-refractivity contribution < 1.29 is 19.7 Å². The summed E-state index contributed by atoms with van der Waals surface area (Å²) in [5.74, 6) is 0.478. The molecule has 0 bridgehead atoms. The maximum absolute atomic E-state index is 8.63.